The minimum absolute atomic E-state index is 0.0608. The number of hydrogen-bond donors (Lipinski definition) is 1. The van der Waals surface area contributed by atoms with E-state index in [2.05, 4.69) is 17.2 Å². The first-order valence-electron chi connectivity index (χ1n) is 6.97. The van der Waals surface area contributed by atoms with Crippen LogP contribution in [0.2, 0.25) is 0 Å². The molecule has 20 heavy (non-hydrogen) atoms. The van der Waals surface area contributed by atoms with E-state index >= 15 is 0 Å². The predicted octanol–water partition coefficient (Wildman–Crippen LogP) is 3.43. The second kappa shape index (κ2) is 6.43. The zero-order valence-corrected chi connectivity index (χ0v) is 11.6. The van der Waals surface area contributed by atoms with E-state index in [9.17, 15) is 13.2 Å². The predicted molar refractivity (Wildman–Crippen MR) is 72.5 cm³/mol. The summed E-state index contributed by atoms with van der Waals surface area (Å²) in [6.07, 6.45) is 0.195. The van der Waals surface area contributed by atoms with Gasteiger partial charge in [-0.05, 0) is 31.4 Å². The summed E-state index contributed by atoms with van der Waals surface area (Å²) < 4.78 is 37.7. The topological polar surface area (TPSA) is 28.2 Å². The molecule has 0 bridgehead atoms. The van der Waals surface area contributed by atoms with E-state index in [4.69, 9.17) is 0 Å². The van der Waals surface area contributed by atoms with Crippen molar-refractivity contribution in [2.45, 2.75) is 44.9 Å². The van der Waals surface area contributed by atoms with Crippen molar-refractivity contribution in [3.05, 3.63) is 24.0 Å². The first-order chi connectivity index (χ1) is 9.48. The maximum Gasteiger partial charge on any atom is 0.401 e. The van der Waals surface area contributed by atoms with Crippen LogP contribution in [0, 0.1) is 0 Å². The molecule has 2 rings (SSSR count). The van der Waals surface area contributed by atoms with Gasteiger partial charge in [-0.1, -0.05) is 6.92 Å². The molecular weight excluding hydrogens is 267 g/mol. The average molecular weight is 287 g/mol. The van der Waals surface area contributed by atoms with Crippen molar-refractivity contribution in [1.29, 1.82) is 0 Å². The van der Waals surface area contributed by atoms with Gasteiger partial charge in [0.25, 0.3) is 0 Å². The lowest BCUT2D eigenvalue weighted by atomic mass is 10.2. The molecule has 1 heterocycles. The third-order valence-corrected chi connectivity index (χ3v) is 3.21. The number of nitrogens with one attached hydrogen (secondary N) is 1. The second-order valence-electron chi connectivity index (χ2n) is 5.21. The van der Waals surface area contributed by atoms with Crippen LogP contribution in [-0.2, 0) is 6.54 Å². The Morgan fingerprint density at radius 2 is 2.15 bits per heavy atom. The fraction of sp³-hybridized carbons (Fsp3) is 0.643. The Labute approximate surface area is 117 Å². The summed E-state index contributed by atoms with van der Waals surface area (Å²) in [6.45, 7) is 2.31. The third kappa shape index (κ3) is 5.00. The van der Waals surface area contributed by atoms with Crippen LogP contribution in [0.15, 0.2) is 18.3 Å². The lowest BCUT2D eigenvalue weighted by Crippen LogP contribution is -2.35. The van der Waals surface area contributed by atoms with Crippen molar-refractivity contribution in [2.24, 2.45) is 0 Å². The van der Waals surface area contributed by atoms with Crippen LogP contribution < -0.4 is 5.32 Å². The van der Waals surface area contributed by atoms with Gasteiger partial charge in [-0.25, -0.2) is 0 Å². The van der Waals surface area contributed by atoms with Gasteiger partial charge in [-0.2, -0.15) is 13.2 Å². The molecule has 0 unspecified atom stereocenters. The molecule has 0 radical (unpaired) electrons. The summed E-state index contributed by atoms with van der Waals surface area (Å²) in [7, 11) is 0. The molecule has 0 aromatic carbocycles. The maximum absolute atomic E-state index is 12.6. The number of aromatic nitrogens is 1. The molecule has 0 saturated heterocycles. The Balaban J connectivity index is 1.99. The van der Waals surface area contributed by atoms with Gasteiger partial charge in [-0.15, -0.1) is 0 Å². The normalized spacial score (nSPS) is 15.7. The first kappa shape index (κ1) is 15.1. The van der Waals surface area contributed by atoms with Crippen LogP contribution in [0.3, 0.4) is 0 Å². The van der Waals surface area contributed by atoms with Crippen LogP contribution in [0.25, 0.3) is 0 Å². The van der Waals surface area contributed by atoms with Crippen LogP contribution in [0.1, 0.15) is 31.9 Å². The molecule has 3 nitrogen and oxygen atoms in total. The monoisotopic (exact) mass is 287 g/mol. The second-order valence-corrected chi connectivity index (χ2v) is 5.21. The summed E-state index contributed by atoms with van der Waals surface area (Å²) >= 11 is 0. The summed E-state index contributed by atoms with van der Waals surface area (Å²) in [5.41, 5.74) is 1.60. The van der Waals surface area contributed by atoms with Crippen molar-refractivity contribution in [3.8, 4) is 0 Å². The van der Waals surface area contributed by atoms with Gasteiger partial charge in [0.2, 0.25) is 0 Å². The Bertz CT molecular complexity index is 430. The molecular formula is C14H20F3N3. The van der Waals surface area contributed by atoms with Crippen molar-refractivity contribution < 1.29 is 13.2 Å². The van der Waals surface area contributed by atoms with Crippen molar-refractivity contribution >= 4 is 5.69 Å². The molecule has 112 valence electrons. The van der Waals surface area contributed by atoms with Crippen molar-refractivity contribution in [1.82, 2.24) is 9.88 Å². The van der Waals surface area contributed by atoms with Crippen LogP contribution in [-0.4, -0.2) is 35.2 Å². The number of nitrogens with zero attached hydrogens (tertiary/aromatic N) is 2. The fourth-order valence-corrected chi connectivity index (χ4v) is 2.14. The minimum atomic E-state index is -4.15. The largest absolute Gasteiger partial charge is 0.401 e. The van der Waals surface area contributed by atoms with Gasteiger partial charge < -0.3 is 5.32 Å². The van der Waals surface area contributed by atoms with Crippen LogP contribution >= 0.6 is 0 Å². The van der Waals surface area contributed by atoms with Crippen LogP contribution in [0.5, 0.6) is 0 Å². The van der Waals surface area contributed by atoms with Crippen molar-refractivity contribution in [2.75, 3.05) is 18.4 Å². The van der Waals surface area contributed by atoms with E-state index < -0.39 is 12.7 Å². The molecule has 1 aliphatic rings. The highest BCUT2D eigenvalue weighted by molar-refractivity contribution is 5.43. The molecule has 0 aliphatic heterocycles. The number of anilines is 1. The smallest absolute Gasteiger partial charge is 0.385 e. The van der Waals surface area contributed by atoms with E-state index in [1.54, 1.807) is 6.20 Å². The molecule has 1 aliphatic carbocycles. The van der Waals surface area contributed by atoms with Gasteiger partial charge >= 0.3 is 6.18 Å². The lowest BCUT2D eigenvalue weighted by Gasteiger charge is -2.23. The highest BCUT2D eigenvalue weighted by Crippen LogP contribution is 2.31. The Kier molecular flexibility index (Phi) is 4.86. The molecule has 1 saturated carbocycles. The molecule has 1 N–H and O–H groups in total. The highest BCUT2D eigenvalue weighted by atomic mass is 19.4. The first-order valence-corrected chi connectivity index (χ1v) is 6.97. The number of hydrogen-bond acceptors (Lipinski definition) is 3. The minimum Gasteiger partial charge on any atom is -0.385 e. The van der Waals surface area contributed by atoms with E-state index in [1.165, 1.54) is 4.90 Å². The third-order valence-electron chi connectivity index (χ3n) is 3.21. The summed E-state index contributed by atoms with van der Waals surface area (Å²) in [6, 6.07) is 3.73. The lowest BCUT2D eigenvalue weighted by molar-refractivity contribution is -0.148. The fourth-order valence-electron chi connectivity index (χ4n) is 2.14. The Morgan fingerprint density at radius 3 is 2.75 bits per heavy atom. The summed E-state index contributed by atoms with van der Waals surface area (Å²) in [5.74, 6) is 0. The molecule has 0 spiro atoms. The van der Waals surface area contributed by atoms with Crippen LogP contribution in [0.4, 0.5) is 18.9 Å². The van der Waals surface area contributed by atoms with E-state index in [0.29, 0.717) is 5.69 Å². The molecule has 1 aromatic heterocycles. The van der Waals surface area contributed by atoms with Gasteiger partial charge in [0.1, 0.15) is 0 Å². The zero-order valence-electron chi connectivity index (χ0n) is 11.6. The summed E-state index contributed by atoms with van der Waals surface area (Å²) in [5, 5.41) is 3.22. The molecule has 1 aromatic rings. The maximum atomic E-state index is 12.6. The van der Waals surface area contributed by atoms with E-state index in [-0.39, 0.29) is 12.6 Å². The van der Waals surface area contributed by atoms with Gasteiger partial charge in [0.05, 0.1) is 12.2 Å². The number of alkyl halides is 3. The number of rotatable bonds is 7. The van der Waals surface area contributed by atoms with Gasteiger partial charge in [-0.3, -0.25) is 9.88 Å². The number of halogens is 3. The highest BCUT2D eigenvalue weighted by Gasteiger charge is 2.38. The van der Waals surface area contributed by atoms with Crippen molar-refractivity contribution in [3.63, 3.8) is 0 Å². The van der Waals surface area contributed by atoms with Gasteiger partial charge in [0.15, 0.2) is 0 Å². The number of pyridine rings is 1. The molecule has 6 heteroatoms. The van der Waals surface area contributed by atoms with Gasteiger partial charge in [0, 0.05) is 31.0 Å². The Morgan fingerprint density at radius 1 is 1.40 bits per heavy atom. The van der Waals surface area contributed by atoms with E-state index in [0.717, 1.165) is 31.5 Å². The molecule has 0 atom stereocenters. The zero-order chi connectivity index (χ0) is 14.6. The summed E-state index contributed by atoms with van der Waals surface area (Å²) in [4.78, 5) is 5.66. The molecule has 0 amide bonds. The Hall–Kier alpha value is -1.30. The molecule has 1 fully saturated rings. The standard InChI is InChI=1S/C14H20F3N3/c1-2-6-18-11-5-7-19-12(8-11)9-20(13-3-4-13)10-14(15,16)17/h5,7-8,13H,2-4,6,9-10H2,1H3,(H,18,19). The quantitative estimate of drug-likeness (QED) is 0.832. The van der Waals surface area contributed by atoms with E-state index in [1.807, 2.05) is 12.1 Å². The average Bonchev–Trinajstić information content (AvgIpc) is 3.18. The SMILES string of the molecule is CCCNc1ccnc(CN(CC(F)(F)F)C2CC2)c1.